The van der Waals surface area contributed by atoms with Gasteiger partial charge in [-0.25, -0.2) is 0 Å². The van der Waals surface area contributed by atoms with E-state index >= 15 is 0 Å². The van der Waals surface area contributed by atoms with E-state index < -0.39 is 6.04 Å². The predicted molar refractivity (Wildman–Crippen MR) is 133 cm³/mol. The number of hydrogen-bond acceptors (Lipinski definition) is 5. The molecule has 2 N–H and O–H groups in total. The summed E-state index contributed by atoms with van der Waals surface area (Å²) in [4.78, 5) is 25.0. The number of carbonyl (C=O) groups is 2. The monoisotopic (exact) mass is 483 g/mol. The van der Waals surface area contributed by atoms with E-state index in [1.54, 1.807) is 30.3 Å². The molecule has 2 aromatic carbocycles. The van der Waals surface area contributed by atoms with E-state index in [2.05, 4.69) is 27.4 Å². The highest BCUT2D eigenvalue weighted by Gasteiger charge is 2.20. The minimum absolute atomic E-state index is 0.137. The zero-order valence-corrected chi connectivity index (χ0v) is 20.3. The Labute approximate surface area is 202 Å². The molecule has 33 heavy (non-hydrogen) atoms. The van der Waals surface area contributed by atoms with Gasteiger partial charge in [-0.3, -0.25) is 9.59 Å². The molecule has 0 bridgehead atoms. The van der Waals surface area contributed by atoms with Crippen LogP contribution in [0.4, 0.5) is 5.69 Å². The molecule has 7 nitrogen and oxygen atoms in total. The largest absolute Gasteiger partial charge is 0.342 e. The van der Waals surface area contributed by atoms with Crippen LogP contribution in [0, 0.1) is 13.8 Å². The Morgan fingerprint density at radius 1 is 1.15 bits per heavy atom. The number of halogens is 1. The van der Waals surface area contributed by atoms with Crippen molar-refractivity contribution in [3.63, 3.8) is 0 Å². The van der Waals surface area contributed by atoms with Gasteiger partial charge in [0.15, 0.2) is 11.0 Å². The van der Waals surface area contributed by atoms with E-state index in [-0.39, 0.29) is 17.6 Å². The van der Waals surface area contributed by atoms with Crippen LogP contribution in [0.3, 0.4) is 0 Å². The molecular formula is C24H26ClN5O2S. The Morgan fingerprint density at radius 3 is 2.55 bits per heavy atom. The van der Waals surface area contributed by atoms with Gasteiger partial charge in [0.1, 0.15) is 0 Å². The highest BCUT2D eigenvalue weighted by Crippen LogP contribution is 2.22. The Kier molecular flexibility index (Phi) is 8.30. The van der Waals surface area contributed by atoms with E-state index in [9.17, 15) is 9.59 Å². The predicted octanol–water partition coefficient (Wildman–Crippen LogP) is 4.96. The van der Waals surface area contributed by atoms with Crippen LogP contribution in [0.1, 0.15) is 40.3 Å². The number of rotatable bonds is 9. The van der Waals surface area contributed by atoms with E-state index in [0.717, 1.165) is 11.3 Å². The molecule has 0 aliphatic heterocycles. The zero-order valence-electron chi connectivity index (χ0n) is 18.8. The van der Waals surface area contributed by atoms with Crippen LogP contribution in [-0.2, 0) is 11.3 Å². The van der Waals surface area contributed by atoms with E-state index in [4.69, 9.17) is 11.6 Å². The number of carbonyl (C=O) groups excluding carboxylic acids is 2. The SMILES string of the molecule is C=CCn1c(SCC(=O)Nc2ccc(C)c(C)c2)nnc1[C@@H](C)NC(=O)c1ccc(Cl)cc1. The number of anilines is 1. The average Bonchev–Trinajstić information content (AvgIpc) is 3.18. The van der Waals surface area contributed by atoms with Crippen LogP contribution in [0.25, 0.3) is 0 Å². The zero-order chi connectivity index (χ0) is 24.0. The highest BCUT2D eigenvalue weighted by atomic mass is 35.5. The van der Waals surface area contributed by atoms with Crippen molar-refractivity contribution in [1.82, 2.24) is 20.1 Å². The molecule has 1 atom stereocenters. The van der Waals surface area contributed by atoms with Crippen molar-refractivity contribution in [2.75, 3.05) is 11.1 Å². The van der Waals surface area contributed by atoms with Crippen LogP contribution in [0.5, 0.6) is 0 Å². The minimum Gasteiger partial charge on any atom is -0.342 e. The van der Waals surface area contributed by atoms with Crippen LogP contribution >= 0.6 is 23.4 Å². The first-order valence-corrected chi connectivity index (χ1v) is 11.7. The summed E-state index contributed by atoms with van der Waals surface area (Å²) in [5.41, 5.74) is 3.55. The van der Waals surface area contributed by atoms with Crippen molar-refractivity contribution in [3.05, 3.63) is 82.7 Å². The average molecular weight is 484 g/mol. The smallest absolute Gasteiger partial charge is 0.251 e. The number of thioether (sulfide) groups is 1. The third-order valence-corrected chi connectivity index (χ3v) is 6.24. The van der Waals surface area contributed by atoms with Gasteiger partial charge >= 0.3 is 0 Å². The van der Waals surface area contributed by atoms with Gasteiger partial charge in [0, 0.05) is 22.8 Å². The third-order valence-electron chi connectivity index (χ3n) is 5.02. The van der Waals surface area contributed by atoms with Crippen molar-refractivity contribution in [2.45, 2.75) is 38.5 Å². The van der Waals surface area contributed by atoms with Crippen LogP contribution in [-0.4, -0.2) is 32.3 Å². The molecule has 3 rings (SSSR count). The first-order valence-electron chi connectivity index (χ1n) is 10.4. The van der Waals surface area contributed by atoms with Crippen molar-refractivity contribution >= 4 is 40.9 Å². The number of amides is 2. The second-order valence-corrected chi connectivity index (χ2v) is 8.96. The fraction of sp³-hybridized carbons (Fsp3) is 0.250. The maximum atomic E-state index is 12.6. The molecule has 0 spiro atoms. The van der Waals surface area contributed by atoms with Gasteiger partial charge in [-0.05, 0) is 68.3 Å². The van der Waals surface area contributed by atoms with E-state index in [1.165, 1.54) is 17.3 Å². The summed E-state index contributed by atoms with van der Waals surface area (Å²) in [6.07, 6.45) is 1.72. The maximum Gasteiger partial charge on any atom is 0.251 e. The molecule has 2 amide bonds. The van der Waals surface area contributed by atoms with Crippen LogP contribution in [0.15, 0.2) is 60.3 Å². The summed E-state index contributed by atoms with van der Waals surface area (Å²) in [7, 11) is 0. The number of aryl methyl sites for hydroxylation is 2. The second kappa shape index (κ2) is 11.2. The summed E-state index contributed by atoms with van der Waals surface area (Å²) in [5.74, 6) is 0.374. The lowest BCUT2D eigenvalue weighted by molar-refractivity contribution is -0.113. The van der Waals surface area contributed by atoms with Crippen molar-refractivity contribution in [3.8, 4) is 0 Å². The number of benzene rings is 2. The molecule has 0 fully saturated rings. The van der Waals surface area contributed by atoms with Gasteiger partial charge in [-0.15, -0.1) is 16.8 Å². The molecule has 9 heteroatoms. The lowest BCUT2D eigenvalue weighted by Crippen LogP contribution is -2.28. The van der Waals surface area contributed by atoms with Gasteiger partial charge in [-0.2, -0.15) is 0 Å². The van der Waals surface area contributed by atoms with Crippen molar-refractivity contribution in [1.29, 1.82) is 0 Å². The quantitative estimate of drug-likeness (QED) is 0.332. The molecule has 0 aliphatic rings. The summed E-state index contributed by atoms with van der Waals surface area (Å²) in [6.45, 7) is 10.1. The first-order chi connectivity index (χ1) is 15.8. The number of aromatic nitrogens is 3. The fourth-order valence-corrected chi connectivity index (χ4v) is 4.00. The van der Waals surface area contributed by atoms with E-state index in [1.807, 2.05) is 43.5 Å². The van der Waals surface area contributed by atoms with Gasteiger partial charge in [-0.1, -0.05) is 35.5 Å². The standard InChI is InChI=1S/C24H26ClN5O2S/c1-5-12-30-22(17(4)26-23(32)18-7-9-19(25)10-8-18)28-29-24(30)33-14-21(31)27-20-11-6-15(2)16(3)13-20/h5-11,13,17H,1,12,14H2,2-4H3,(H,26,32)(H,27,31)/t17-/m1/s1. The molecule has 3 aromatic rings. The molecule has 1 aromatic heterocycles. The minimum atomic E-state index is -0.403. The van der Waals surface area contributed by atoms with E-state index in [0.29, 0.717) is 28.1 Å². The number of allylic oxidation sites excluding steroid dienone is 1. The maximum absolute atomic E-state index is 12.6. The Bertz CT molecular complexity index is 1160. The Hall–Kier alpha value is -3.10. The Balaban J connectivity index is 1.65. The molecule has 0 aliphatic carbocycles. The number of nitrogens with zero attached hydrogens (tertiary/aromatic N) is 3. The third kappa shape index (κ3) is 6.46. The summed E-state index contributed by atoms with van der Waals surface area (Å²) in [6, 6.07) is 12.1. The normalized spacial score (nSPS) is 11.6. The van der Waals surface area contributed by atoms with Gasteiger partial charge in [0.05, 0.1) is 11.8 Å². The van der Waals surface area contributed by atoms with Crippen LogP contribution in [0.2, 0.25) is 5.02 Å². The van der Waals surface area contributed by atoms with Gasteiger partial charge in [0.25, 0.3) is 5.91 Å². The van der Waals surface area contributed by atoms with Gasteiger partial charge < -0.3 is 15.2 Å². The van der Waals surface area contributed by atoms with Gasteiger partial charge in [0.2, 0.25) is 5.91 Å². The van der Waals surface area contributed by atoms with Crippen molar-refractivity contribution in [2.24, 2.45) is 0 Å². The second-order valence-electron chi connectivity index (χ2n) is 7.58. The van der Waals surface area contributed by atoms with Crippen LogP contribution < -0.4 is 10.6 Å². The molecule has 0 unspecified atom stereocenters. The lowest BCUT2D eigenvalue weighted by atomic mass is 10.1. The molecule has 0 saturated heterocycles. The molecule has 1 heterocycles. The molecule has 172 valence electrons. The summed E-state index contributed by atoms with van der Waals surface area (Å²) < 4.78 is 1.84. The topological polar surface area (TPSA) is 88.9 Å². The lowest BCUT2D eigenvalue weighted by Gasteiger charge is -2.15. The summed E-state index contributed by atoms with van der Waals surface area (Å²) >= 11 is 7.17. The summed E-state index contributed by atoms with van der Waals surface area (Å²) in [5, 5.41) is 15.5. The molecule has 0 saturated carbocycles. The molecule has 0 radical (unpaired) electrons. The number of hydrogen-bond donors (Lipinski definition) is 2. The number of nitrogens with one attached hydrogen (secondary N) is 2. The Morgan fingerprint density at radius 2 is 1.88 bits per heavy atom. The van der Waals surface area contributed by atoms with Crippen molar-refractivity contribution < 1.29 is 9.59 Å². The molecular weight excluding hydrogens is 458 g/mol. The first kappa shape index (κ1) is 24.5. The highest BCUT2D eigenvalue weighted by molar-refractivity contribution is 7.99. The fourth-order valence-electron chi connectivity index (χ4n) is 3.12.